The van der Waals surface area contributed by atoms with Gasteiger partial charge in [-0.25, -0.2) is 0 Å². The summed E-state index contributed by atoms with van der Waals surface area (Å²) in [7, 11) is 0. The molecule has 4 bridgehead atoms. The maximum Gasteiger partial charge on any atom is 0.0738 e. The highest BCUT2D eigenvalue weighted by Crippen LogP contribution is 2.65. The number of aliphatic hydroxyl groups excluding tert-OH is 1. The van der Waals surface area contributed by atoms with Crippen molar-refractivity contribution in [2.45, 2.75) is 113 Å². The fourth-order valence-corrected chi connectivity index (χ4v) is 9.11. The molecule has 0 amide bonds. The molecule has 0 aromatic rings. The van der Waals surface area contributed by atoms with Gasteiger partial charge in [-0.1, -0.05) is 19.3 Å². The van der Waals surface area contributed by atoms with Crippen LogP contribution in [0.25, 0.3) is 0 Å². The van der Waals surface area contributed by atoms with E-state index in [4.69, 9.17) is 16.2 Å². The molecule has 9 atom stereocenters. The standard InChI is InChI=1S/C25H45N3O2/c1-23-9-3-5-19-14-25(30-23,16-24(27,10-11-29)22(19)23)20-6-2-4-17(13-20)12-18-7-8-21(26)28-15-18/h17-22,28-29H,2-16,26-27H2,1H3/t17-,18?,19+,20-,21?,22+,23-,24+,25+/m1/s1. The molecule has 3 saturated heterocycles. The fourth-order valence-electron chi connectivity index (χ4n) is 9.11. The third kappa shape index (κ3) is 3.67. The van der Waals surface area contributed by atoms with Gasteiger partial charge in [-0.3, -0.25) is 0 Å². The number of aliphatic hydroxyl groups is 1. The summed E-state index contributed by atoms with van der Waals surface area (Å²) in [6, 6.07) is 0. The first kappa shape index (κ1) is 21.6. The topological polar surface area (TPSA) is 93.5 Å². The number of hydrogen-bond donors (Lipinski definition) is 4. The van der Waals surface area contributed by atoms with E-state index in [2.05, 4.69) is 12.2 Å². The second kappa shape index (κ2) is 7.98. The average Bonchev–Trinajstić information content (AvgIpc) is 2.69. The normalized spacial score (nSPS) is 53.6. The van der Waals surface area contributed by atoms with Gasteiger partial charge in [-0.15, -0.1) is 0 Å². The summed E-state index contributed by atoms with van der Waals surface area (Å²) >= 11 is 0. The molecule has 0 spiro atoms. The van der Waals surface area contributed by atoms with Crippen LogP contribution in [0.15, 0.2) is 0 Å². The second-order valence-corrected chi connectivity index (χ2v) is 12.1. The van der Waals surface area contributed by atoms with Crippen molar-refractivity contribution in [1.82, 2.24) is 5.32 Å². The van der Waals surface area contributed by atoms with E-state index in [0.29, 0.717) is 17.8 Å². The Hall–Kier alpha value is -0.200. The van der Waals surface area contributed by atoms with Gasteiger partial charge in [-0.05, 0) is 101 Å². The molecule has 5 nitrogen and oxygen atoms in total. The summed E-state index contributed by atoms with van der Waals surface area (Å²) in [6.45, 7) is 3.65. The van der Waals surface area contributed by atoms with Crippen LogP contribution in [0.5, 0.6) is 0 Å². The van der Waals surface area contributed by atoms with E-state index >= 15 is 0 Å². The lowest BCUT2D eigenvalue weighted by molar-refractivity contribution is -0.324. The number of piperidine rings is 1. The molecule has 172 valence electrons. The summed E-state index contributed by atoms with van der Waals surface area (Å²) in [6.07, 6.45) is 15.9. The Morgan fingerprint density at radius 2 is 1.97 bits per heavy atom. The van der Waals surface area contributed by atoms with Gasteiger partial charge < -0.3 is 26.6 Å². The van der Waals surface area contributed by atoms with E-state index in [9.17, 15) is 5.11 Å². The Morgan fingerprint density at radius 3 is 2.70 bits per heavy atom. The van der Waals surface area contributed by atoms with Crippen LogP contribution in [0.2, 0.25) is 0 Å². The van der Waals surface area contributed by atoms with Crippen LogP contribution >= 0.6 is 0 Å². The first-order valence-electron chi connectivity index (χ1n) is 12.9. The molecule has 3 aliphatic heterocycles. The molecule has 6 N–H and O–H groups in total. The third-order valence-electron chi connectivity index (χ3n) is 9.99. The highest BCUT2D eigenvalue weighted by molar-refractivity contribution is 5.20. The quantitative estimate of drug-likeness (QED) is 0.549. The predicted octanol–water partition coefficient (Wildman–Crippen LogP) is 3.29. The molecule has 6 fully saturated rings. The minimum atomic E-state index is -0.249. The minimum Gasteiger partial charge on any atom is -0.396 e. The zero-order chi connectivity index (χ0) is 21.0. The van der Waals surface area contributed by atoms with Crippen LogP contribution in [-0.2, 0) is 4.74 Å². The Labute approximate surface area is 183 Å². The van der Waals surface area contributed by atoms with Crippen molar-refractivity contribution < 1.29 is 9.84 Å². The van der Waals surface area contributed by atoms with E-state index in [0.717, 1.165) is 44.1 Å². The lowest BCUT2D eigenvalue weighted by atomic mass is 9.46. The Balaban J connectivity index is 1.34. The van der Waals surface area contributed by atoms with Crippen LogP contribution in [0.1, 0.15) is 90.4 Å². The highest BCUT2D eigenvalue weighted by atomic mass is 16.5. The summed E-state index contributed by atoms with van der Waals surface area (Å²) in [4.78, 5) is 0. The Bertz CT molecular complexity index is 624. The van der Waals surface area contributed by atoms with Crippen molar-refractivity contribution in [3.05, 3.63) is 0 Å². The van der Waals surface area contributed by atoms with E-state index in [1.54, 1.807) is 0 Å². The highest BCUT2D eigenvalue weighted by Gasteiger charge is 2.68. The number of nitrogens with one attached hydrogen (secondary N) is 1. The van der Waals surface area contributed by atoms with Gasteiger partial charge in [0.15, 0.2) is 0 Å². The van der Waals surface area contributed by atoms with Crippen LogP contribution < -0.4 is 16.8 Å². The Kier molecular flexibility index (Phi) is 5.76. The van der Waals surface area contributed by atoms with Gasteiger partial charge in [-0.2, -0.15) is 0 Å². The number of fused-ring (bicyclic) bond motifs is 1. The number of hydrogen-bond acceptors (Lipinski definition) is 5. The van der Waals surface area contributed by atoms with Crippen LogP contribution in [0.3, 0.4) is 0 Å². The molecule has 0 aromatic carbocycles. The van der Waals surface area contributed by atoms with Crippen molar-refractivity contribution >= 4 is 0 Å². The second-order valence-electron chi connectivity index (χ2n) is 12.1. The van der Waals surface area contributed by atoms with Crippen LogP contribution in [0.4, 0.5) is 0 Å². The molecule has 0 radical (unpaired) electrons. The van der Waals surface area contributed by atoms with Crippen molar-refractivity contribution in [1.29, 1.82) is 0 Å². The summed E-state index contributed by atoms with van der Waals surface area (Å²) in [5.74, 6) is 3.35. The molecule has 3 heterocycles. The SMILES string of the molecule is C[C@@]12CCC[C@H]3C[C@@]([C@@H]4CCC[C@H](CC5CCC(N)NC5)C4)(C[C@@](N)(CCO)[C@@H]31)O2. The zero-order valence-corrected chi connectivity index (χ0v) is 19.1. The average molecular weight is 420 g/mol. The maximum absolute atomic E-state index is 9.86. The van der Waals surface area contributed by atoms with Gasteiger partial charge in [0.25, 0.3) is 0 Å². The first-order chi connectivity index (χ1) is 14.4. The van der Waals surface area contributed by atoms with Crippen molar-refractivity contribution in [3.8, 4) is 0 Å². The van der Waals surface area contributed by atoms with Gasteiger partial charge in [0, 0.05) is 18.1 Å². The third-order valence-corrected chi connectivity index (χ3v) is 9.99. The van der Waals surface area contributed by atoms with Crippen molar-refractivity contribution in [3.63, 3.8) is 0 Å². The van der Waals surface area contributed by atoms with Crippen molar-refractivity contribution in [2.75, 3.05) is 13.2 Å². The molecule has 3 saturated carbocycles. The largest absolute Gasteiger partial charge is 0.396 e. The molecular weight excluding hydrogens is 374 g/mol. The van der Waals surface area contributed by atoms with E-state index < -0.39 is 0 Å². The minimum absolute atomic E-state index is 0.0512. The number of nitrogens with two attached hydrogens (primary N) is 2. The monoisotopic (exact) mass is 419 g/mol. The van der Waals surface area contributed by atoms with E-state index in [1.165, 1.54) is 57.8 Å². The van der Waals surface area contributed by atoms with Gasteiger partial charge in [0.2, 0.25) is 0 Å². The van der Waals surface area contributed by atoms with Crippen LogP contribution in [-0.4, -0.2) is 41.2 Å². The zero-order valence-electron chi connectivity index (χ0n) is 19.1. The summed E-state index contributed by atoms with van der Waals surface area (Å²) in [5.41, 5.74) is 12.8. The van der Waals surface area contributed by atoms with Gasteiger partial charge >= 0.3 is 0 Å². The molecular formula is C25H45N3O2. The lowest BCUT2D eigenvalue weighted by Crippen LogP contribution is -2.76. The molecule has 0 aromatic heterocycles. The van der Waals surface area contributed by atoms with Gasteiger partial charge in [0.1, 0.15) is 0 Å². The predicted molar refractivity (Wildman–Crippen MR) is 120 cm³/mol. The molecule has 5 heteroatoms. The molecule has 30 heavy (non-hydrogen) atoms. The van der Waals surface area contributed by atoms with Crippen LogP contribution in [0, 0.1) is 29.6 Å². The lowest BCUT2D eigenvalue weighted by Gasteiger charge is -2.70. The molecule has 2 unspecified atom stereocenters. The molecule has 6 aliphatic rings. The van der Waals surface area contributed by atoms with Gasteiger partial charge in [0.05, 0.1) is 17.4 Å². The van der Waals surface area contributed by atoms with Crippen molar-refractivity contribution in [2.24, 2.45) is 41.1 Å². The fraction of sp³-hybridized carbons (Fsp3) is 1.00. The molecule has 6 rings (SSSR count). The van der Waals surface area contributed by atoms with E-state index in [1.807, 2.05) is 0 Å². The smallest absolute Gasteiger partial charge is 0.0738 e. The first-order valence-corrected chi connectivity index (χ1v) is 12.9. The molecule has 3 aliphatic carbocycles. The summed E-state index contributed by atoms with van der Waals surface area (Å²) < 4.78 is 7.17. The number of rotatable bonds is 5. The summed E-state index contributed by atoms with van der Waals surface area (Å²) in [5, 5.41) is 13.4. The maximum atomic E-state index is 9.86. The number of ether oxygens (including phenoxy) is 1. The Morgan fingerprint density at radius 1 is 1.10 bits per heavy atom. The van der Waals surface area contributed by atoms with E-state index in [-0.39, 0.29) is 29.5 Å².